The molecule has 0 unspecified atom stereocenters. The van der Waals surface area contributed by atoms with E-state index in [1.807, 2.05) is 13.2 Å². The van der Waals surface area contributed by atoms with Crippen molar-refractivity contribution in [1.29, 1.82) is 0 Å². The second-order valence-corrected chi connectivity index (χ2v) is 3.16. The van der Waals surface area contributed by atoms with Crippen molar-refractivity contribution in [2.75, 3.05) is 6.26 Å². The number of hydrogen-bond acceptors (Lipinski definition) is 3. The third-order valence-electron chi connectivity index (χ3n) is 1.35. The molecule has 1 heterocycles. The second-order valence-electron chi connectivity index (χ2n) is 2.03. The number of hydrogen-bond donors (Lipinski definition) is 0. The van der Waals surface area contributed by atoms with E-state index in [0.29, 0.717) is 5.15 Å². The van der Waals surface area contributed by atoms with Crippen molar-refractivity contribution in [3.8, 4) is 0 Å². The molecular formula is C7H9ClN2S. The van der Waals surface area contributed by atoms with E-state index in [0.717, 1.165) is 17.1 Å². The predicted molar refractivity (Wildman–Crippen MR) is 48.2 cm³/mol. The molecule has 0 spiro atoms. The molecule has 0 radical (unpaired) electrons. The maximum absolute atomic E-state index is 5.84. The van der Waals surface area contributed by atoms with E-state index in [-0.39, 0.29) is 0 Å². The summed E-state index contributed by atoms with van der Waals surface area (Å²) < 4.78 is 0. The highest BCUT2D eigenvalue weighted by Crippen LogP contribution is 2.16. The Morgan fingerprint density at radius 2 is 2.36 bits per heavy atom. The fraction of sp³-hybridized carbons (Fsp3) is 0.429. The molecule has 0 saturated carbocycles. The number of aromatic nitrogens is 2. The Morgan fingerprint density at radius 1 is 1.64 bits per heavy atom. The number of halogens is 1. The van der Waals surface area contributed by atoms with Gasteiger partial charge in [0.1, 0.15) is 5.15 Å². The molecule has 0 fully saturated rings. The van der Waals surface area contributed by atoms with Crippen LogP contribution in [0.1, 0.15) is 12.5 Å². The smallest absolute Gasteiger partial charge is 0.188 e. The van der Waals surface area contributed by atoms with Crippen LogP contribution in [0.5, 0.6) is 0 Å². The summed E-state index contributed by atoms with van der Waals surface area (Å²) in [5.41, 5.74) is 1.00. The summed E-state index contributed by atoms with van der Waals surface area (Å²) in [6.45, 7) is 2.03. The summed E-state index contributed by atoms with van der Waals surface area (Å²) in [6.07, 6.45) is 4.59. The van der Waals surface area contributed by atoms with Crippen molar-refractivity contribution in [3.63, 3.8) is 0 Å². The summed E-state index contributed by atoms with van der Waals surface area (Å²) >= 11 is 7.34. The summed E-state index contributed by atoms with van der Waals surface area (Å²) in [4.78, 5) is 8.18. The van der Waals surface area contributed by atoms with Gasteiger partial charge in [0.15, 0.2) is 5.16 Å². The molecule has 2 nitrogen and oxygen atoms in total. The van der Waals surface area contributed by atoms with Gasteiger partial charge in [-0.25, -0.2) is 9.97 Å². The van der Waals surface area contributed by atoms with E-state index >= 15 is 0 Å². The van der Waals surface area contributed by atoms with Crippen molar-refractivity contribution < 1.29 is 0 Å². The first kappa shape index (κ1) is 8.81. The fourth-order valence-electron chi connectivity index (χ4n) is 0.707. The molecule has 0 aliphatic heterocycles. The van der Waals surface area contributed by atoms with Gasteiger partial charge in [-0.1, -0.05) is 30.3 Å². The van der Waals surface area contributed by atoms with Gasteiger partial charge in [0.25, 0.3) is 0 Å². The van der Waals surface area contributed by atoms with Gasteiger partial charge in [-0.2, -0.15) is 0 Å². The highest BCUT2D eigenvalue weighted by atomic mass is 35.5. The van der Waals surface area contributed by atoms with E-state index in [2.05, 4.69) is 9.97 Å². The quantitative estimate of drug-likeness (QED) is 0.405. The third-order valence-corrected chi connectivity index (χ3v) is 2.24. The van der Waals surface area contributed by atoms with Crippen molar-refractivity contribution in [1.82, 2.24) is 9.97 Å². The second kappa shape index (κ2) is 3.93. The molecule has 1 aromatic heterocycles. The number of thioether (sulfide) groups is 1. The van der Waals surface area contributed by atoms with Crippen LogP contribution >= 0.6 is 23.4 Å². The summed E-state index contributed by atoms with van der Waals surface area (Å²) in [5.74, 6) is 0. The molecule has 0 aliphatic rings. The van der Waals surface area contributed by atoms with E-state index in [9.17, 15) is 0 Å². The summed E-state index contributed by atoms with van der Waals surface area (Å²) in [7, 11) is 0. The Hall–Kier alpha value is -0.280. The first-order valence-electron chi connectivity index (χ1n) is 3.33. The third kappa shape index (κ3) is 2.07. The monoisotopic (exact) mass is 188 g/mol. The fourth-order valence-corrected chi connectivity index (χ4v) is 1.36. The molecule has 1 rings (SSSR count). The van der Waals surface area contributed by atoms with Crippen LogP contribution < -0.4 is 0 Å². The molecule has 0 saturated heterocycles. The maximum Gasteiger partial charge on any atom is 0.188 e. The van der Waals surface area contributed by atoms with Gasteiger partial charge >= 0.3 is 0 Å². The van der Waals surface area contributed by atoms with Crippen LogP contribution in [0.25, 0.3) is 0 Å². The standard InChI is InChI=1S/C7H9ClN2S/c1-3-5-4-9-7(11-2)10-6(5)8/h4H,3H2,1-2H3. The van der Waals surface area contributed by atoms with Crippen LogP contribution in [-0.4, -0.2) is 16.2 Å². The Bertz CT molecular complexity index is 252. The molecule has 0 amide bonds. The number of nitrogens with zero attached hydrogens (tertiary/aromatic N) is 2. The highest BCUT2D eigenvalue weighted by Gasteiger charge is 2.00. The van der Waals surface area contributed by atoms with Gasteiger partial charge in [-0.05, 0) is 12.7 Å². The van der Waals surface area contributed by atoms with Crippen molar-refractivity contribution in [2.24, 2.45) is 0 Å². The Balaban J connectivity index is 2.99. The average molecular weight is 189 g/mol. The normalized spacial score (nSPS) is 10.1. The molecule has 1 aromatic rings. The van der Waals surface area contributed by atoms with Crippen LogP contribution in [0.4, 0.5) is 0 Å². The molecule has 11 heavy (non-hydrogen) atoms. The highest BCUT2D eigenvalue weighted by molar-refractivity contribution is 7.98. The largest absolute Gasteiger partial charge is 0.231 e. The van der Waals surface area contributed by atoms with E-state index < -0.39 is 0 Å². The maximum atomic E-state index is 5.84. The number of aryl methyl sites for hydroxylation is 1. The molecule has 4 heteroatoms. The Morgan fingerprint density at radius 3 is 2.82 bits per heavy atom. The molecule has 0 aromatic carbocycles. The van der Waals surface area contributed by atoms with Gasteiger partial charge < -0.3 is 0 Å². The minimum Gasteiger partial charge on any atom is -0.231 e. The van der Waals surface area contributed by atoms with Crippen LogP contribution in [0.2, 0.25) is 5.15 Å². The molecule has 0 N–H and O–H groups in total. The van der Waals surface area contributed by atoms with Crippen molar-refractivity contribution in [3.05, 3.63) is 16.9 Å². The summed E-state index contributed by atoms with van der Waals surface area (Å²) in [5, 5.41) is 1.30. The van der Waals surface area contributed by atoms with Crippen LogP contribution in [0, 0.1) is 0 Å². The first-order valence-corrected chi connectivity index (χ1v) is 4.93. The van der Waals surface area contributed by atoms with Crippen LogP contribution in [0.3, 0.4) is 0 Å². The average Bonchev–Trinajstić information content (AvgIpc) is 2.04. The topological polar surface area (TPSA) is 25.8 Å². The van der Waals surface area contributed by atoms with E-state index in [1.165, 1.54) is 11.8 Å². The lowest BCUT2D eigenvalue weighted by molar-refractivity contribution is 0.928. The molecule has 0 aliphatic carbocycles. The molecule has 0 atom stereocenters. The van der Waals surface area contributed by atoms with Crippen LogP contribution in [0.15, 0.2) is 11.4 Å². The molecule has 60 valence electrons. The summed E-state index contributed by atoms with van der Waals surface area (Å²) in [6, 6.07) is 0. The zero-order chi connectivity index (χ0) is 8.27. The van der Waals surface area contributed by atoms with Crippen molar-refractivity contribution >= 4 is 23.4 Å². The van der Waals surface area contributed by atoms with Crippen molar-refractivity contribution in [2.45, 2.75) is 18.5 Å². The predicted octanol–water partition coefficient (Wildman–Crippen LogP) is 2.41. The van der Waals surface area contributed by atoms with Gasteiger partial charge in [0.2, 0.25) is 0 Å². The SMILES string of the molecule is CCc1cnc(SC)nc1Cl. The first-order chi connectivity index (χ1) is 5.27. The lowest BCUT2D eigenvalue weighted by Crippen LogP contribution is -1.91. The van der Waals surface area contributed by atoms with Gasteiger partial charge in [0, 0.05) is 11.8 Å². The lowest BCUT2D eigenvalue weighted by Gasteiger charge is -1.99. The zero-order valence-corrected chi connectivity index (χ0v) is 8.04. The van der Waals surface area contributed by atoms with Gasteiger partial charge in [-0.15, -0.1) is 0 Å². The van der Waals surface area contributed by atoms with E-state index in [1.54, 1.807) is 6.20 Å². The minimum absolute atomic E-state index is 0.576. The zero-order valence-electron chi connectivity index (χ0n) is 6.47. The van der Waals surface area contributed by atoms with Gasteiger partial charge in [-0.3, -0.25) is 0 Å². The Labute approximate surface area is 75.4 Å². The number of rotatable bonds is 2. The molecule has 0 bridgehead atoms. The minimum atomic E-state index is 0.576. The lowest BCUT2D eigenvalue weighted by atomic mass is 10.3. The van der Waals surface area contributed by atoms with Crippen LogP contribution in [-0.2, 0) is 6.42 Å². The molecular weight excluding hydrogens is 180 g/mol. The van der Waals surface area contributed by atoms with Gasteiger partial charge in [0.05, 0.1) is 0 Å². The Kier molecular flexibility index (Phi) is 3.15. The van der Waals surface area contributed by atoms with E-state index in [4.69, 9.17) is 11.6 Å².